The number of alkyl halides is 3. The van der Waals surface area contributed by atoms with Crippen molar-refractivity contribution >= 4 is 5.91 Å². The zero-order valence-corrected chi connectivity index (χ0v) is 12.6. The van der Waals surface area contributed by atoms with Crippen LogP contribution in [0.15, 0.2) is 16.9 Å². The van der Waals surface area contributed by atoms with Crippen LogP contribution >= 0.6 is 0 Å². The van der Waals surface area contributed by atoms with Gasteiger partial charge < -0.3 is 9.47 Å². The largest absolute Gasteiger partial charge is 0.416 e. The average molecular weight is 316 g/mol. The number of nitrogens with zero attached hydrogens (tertiary/aromatic N) is 2. The first-order valence-corrected chi connectivity index (χ1v) is 7.31. The van der Waals surface area contributed by atoms with Crippen molar-refractivity contribution in [2.24, 2.45) is 0 Å². The summed E-state index contributed by atoms with van der Waals surface area (Å²) in [5, 5.41) is 0. The Bertz CT molecular complexity index is 616. The van der Waals surface area contributed by atoms with Gasteiger partial charge in [-0.25, -0.2) is 0 Å². The normalized spacial score (nSPS) is 17.4. The number of aromatic nitrogens is 1. The van der Waals surface area contributed by atoms with Crippen molar-refractivity contribution in [1.29, 1.82) is 0 Å². The highest BCUT2D eigenvalue weighted by Gasteiger charge is 2.33. The van der Waals surface area contributed by atoms with Gasteiger partial charge in [-0.3, -0.25) is 9.59 Å². The van der Waals surface area contributed by atoms with Crippen molar-refractivity contribution in [3.05, 3.63) is 33.7 Å². The Kier molecular flexibility index (Phi) is 4.63. The van der Waals surface area contributed by atoms with E-state index in [2.05, 4.69) is 0 Å². The molecule has 1 atom stereocenters. The van der Waals surface area contributed by atoms with Gasteiger partial charge in [0.25, 0.3) is 5.56 Å². The molecule has 0 aliphatic carbocycles. The molecule has 122 valence electrons. The lowest BCUT2D eigenvalue weighted by Crippen LogP contribution is -2.42. The van der Waals surface area contributed by atoms with E-state index in [0.717, 1.165) is 29.9 Å². The van der Waals surface area contributed by atoms with Gasteiger partial charge in [0.1, 0.15) is 6.04 Å². The highest BCUT2D eigenvalue weighted by atomic mass is 19.4. The Morgan fingerprint density at radius 3 is 2.27 bits per heavy atom. The van der Waals surface area contributed by atoms with Gasteiger partial charge in [0.2, 0.25) is 5.91 Å². The van der Waals surface area contributed by atoms with Crippen LogP contribution < -0.4 is 5.56 Å². The SMILES string of the molecule is Cc1cc(C(F)(F)F)cc(=O)n1[C@H](C)C(=O)N1CCCCC1. The van der Waals surface area contributed by atoms with E-state index >= 15 is 0 Å². The number of carbonyl (C=O) groups excluding carboxylic acids is 1. The van der Waals surface area contributed by atoms with E-state index in [0.29, 0.717) is 19.2 Å². The quantitative estimate of drug-likeness (QED) is 0.842. The average Bonchev–Trinajstić information content (AvgIpc) is 2.45. The number of likely N-dealkylation sites (tertiary alicyclic amines) is 1. The van der Waals surface area contributed by atoms with Crippen molar-refractivity contribution < 1.29 is 18.0 Å². The molecular weight excluding hydrogens is 297 g/mol. The fourth-order valence-electron chi connectivity index (χ4n) is 2.86. The second-order valence-electron chi connectivity index (χ2n) is 5.65. The minimum Gasteiger partial charge on any atom is -0.341 e. The smallest absolute Gasteiger partial charge is 0.341 e. The molecule has 0 N–H and O–H groups in total. The first-order chi connectivity index (χ1) is 10.2. The Hall–Kier alpha value is -1.79. The van der Waals surface area contributed by atoms with Gasteiger partial charge in [-0.2, -0.15) is 13.2 Å². The molecule has 1 aliphatic heterocycles. The Morgan fingerprint density at radius 2 is 1.77 bits per heavy atom. The predicted molar refractivity (Wildman–Crippen MR) is 75.6 cm³/mol. The molecule has 1 saturated heterocycles. The predicted octanol–water partition coefficient (Wildman–Crippen LogP) is 2.75. The lowest BCUT2D eigenvalue weighted by molar-refractivity contribution is -0.137. The number of rotatable bonds is 2. The summed E-state index contributed by atoms with van der Waals surface area (Å²) in [6, 6.07) is 0.654. The highest BCUT2D eigenvalue weighted by Crippen LogP contribution is 2.29. The van der Waals surface area contributed by atoms with Crippen LogP contribution in [0.25, 0.3) is 0 Å². The summed E-state index contributed by atoms with van der Waals surface area (Å²) in [6.45, 7) is 4.24. The Balaban J connectivity index is 2.32. The summed E-state index contributed by atoms with van der Waals surface area (Å²) in [7, 11) is 0. The number of carbonyl (C=O) groups is 1. The summed E-state index contributed by atoms with van der Waals surface area (Å²) in [5.74, 6) is -0.218. The molecule has 1 aliphatic rings. The van der Waals surface area contributed by atoms with Crippen LogP contribution in [0.1, 0.15) is 43.5 Å². The van der Waals surface area contributed by atoms with Gasteiger partial charge in [0, 0.05) is 24.8 Å². The topological polar surface area (TPSA) is 42.3 Å². The minimum absolute atomic E-state index is 0.137. The fourth-order valence-corrected chi connectivity index (χ4v) is 2.86. The fraction of sp³-hybridized carbons (Fsp3) is 0.600. The van der Waals surface area contributed by atoms with Crippen LogP contribution in [-0.2, 0) is 11.0 Å². The van der Waals surface area contributed by atoms with Crippen LogP contribution in [0.5, 0.6) is 0 Å². The van der Waals surface area contributed by atoms with E-state index in [1.54, 1.807) is 11.8 Å². The summed E-state index contributed by atoms with van der Waals surface area (Å²) in [4.78, 5) is 26.1. The zero-order valence-electron chi connectivity index (χ0n) is 12.6. The monoisotopic (exact) mass is 316 g/mol. The van der Waals surface area contributed by atoms with Crippen molar-refractivity contribution in [3.63, 3.8) is 0 Å². The van der Waals surface area contributed by atoms with Crippen molar-refractivity contribution in [3.8, 4) is 0 Å². The summed E-state index contributed by atoms with van der Waals surface area (Å²) in [5.41, 5.74) is -1.65. The van der Waals surface area contributed by atoms with Crippen LogP contribution in [0.3, 0.4) is 0 Å². The zero-order chi connectivity index (χ0) is 16.5. The number of aryl methyl sites for hydroxylation is 1. The molecule has 2 heterocycles. The summed E-state index contributed by atoms with van der Waals surface area (Å²) >= 11 is 0. The van der Waals surface area contributed by atoms with Gasteiger partial charge in [-0.15, -0.1) is 0 Å². The van der Waals surface area contributed by atoms with Crippen molar-refractivity contribution in [2.75, 3.05) is 13.1 Å². The van der Waals surface area contributed by atoms with Gasteiger partial charge in [-0.1, -0.05) is 0 Å². The maximum Gasteiger partial charge on any atom is 0.416 e. The second kappa shape index (κ2) is 6.14. The lowest BCUT2D eigenvalue weighted by Gasteiger charge is -2.30. The first kappa shape index (κ1) is 16.6. The standard InChI is InChI=1S/C15H19F3N2O2/c1-10-8-12(15(16,17)18)9-13(21)20(10)11(2)14(22)19-6-4-3-5-7-19/h8-9,11H,3-7H2,1-2H3/t11-/m1/s1. The molecule has 0 bridgehead atoms. The first-order valence-electron chi connectivity index (χ1n) is 7.31. The van der Waals surface area contributed by atoms with E-state index in [4.69, 9.17) is 0 Å². The molecule has 0 unspecified atom stereocenters. The van der Waals surface area contributed by atoms with Crippen molar-refractivity contribution in [1.82, 2.24) is 9.47 Å². The molecule has 1 aromatic rings. The van der Waals surface area contributed by atoms with E-state index in [9.17, 15) is 22.8 Å². The van der Waals surface area contributed by atoms with Crippen LogP contribution in [0.2, 0.25) is 0 Å². The van der Waals surface area contributed by atoms with E-state index in [1.165, 1.54) is 6.92 Å². The third kappa shape index (κ3) is 3.34. The van der Waals surface area contributed by atoms with Crippen LogP contribution in [-0.4, -0.2) is 28.5 Å². The molecule has 0 saturated carbocycles. The maximum absolute atomic E-state index is 12.7. The molecule has 1 amide bonds. The molecule has 1 fully saturated rings. The number of hydrogen-bond donors (Lipinski definition) is 0. The number of halogens is 3. The molecule has 0 spiro atoms. The van der Waals surface area contributed by atoms with Crippen LogP contribution in [0.4, 0.5) is 13.2 Å². The van der Waals surface area contributed by atoms with Gasteiger partial charge in [0.05, 0.1) is 5.56 Å². The number of hydrogen-bond acceptors (Lipinski definition) is 2. The van der Waals surface area contributed by atoms with E-state index in [1.807, 2.05) is 0 Å². The van der Waals surface area contributed by atoms with Gasteiger partial charge in [-0.05, 0) is 39.2 Å². The van der Waals surface area contributed by atoms with Gasteiger partial charge >= 0.3 is 6.18 Å². The van der Waals surface area contributed by atoms with Crippen molar-refractivity contribution in [2.45, 2.75) is 45.3 Å². The van der Waals surface area contributed by atoms with Gasteiger partial charge in [0.15, 0.2) is 0 Å². The molecule has 0 radical (unpaired) electrons. The number of amides is 1. The third-order valence-corrected chi connectivity index (χ3v) is 4.00. The Morgan fingerprint density at radius 1 is 1.18 bits per heavy atom. The summed E-state index contributed by atoms with van der Waals surface area (Å²) in [6.07, 6.45) is -1.67. The molecule has 2 rings (SSSR count). The molecule has 0 aromatic carbocycles. The maximum atomic E-state index is 12.7. The molecule has 22 heavy (non-hydrogen) atoms. The number of pyridine rings is 1. The molecule has 1 aromatic heterocycles. The summed E-state index contributed by atoms with van der Waals surface area (Å²) < 4.78 is 39.3. The van der Waals surface area contributed by atoms with E-state index < -0.39 is 23.3 Å². The second-order valence-corrected chi connectivity index (χ2v) is 5.65. The number of piperidine rings is 1. The minimum atomic E-state index is -4.57. The molecule has 4 nitrogen and oxygen atoms in total. The Labute approximate surface area is 126 Å². The molecular formula is C15H19F3N2O2. The highest BCUT2D eigenvalue weighted by molar-refractivity contribution is 5.80. The third-order valence-electron chi connectivity index (χ3n) is 4.00. The van der Waals surface area contributed by atoms with Crippen LogP contribution in [0, 0.1) is 6.92 Å². The molecule has 7 heteroatoms. The lowest BCUT2D eigenvalue weighted by atomic mass is 10.1. The van der Waals surface area contributed by atoms with E-state index in [-0.39, 0.29) is 11.6 Å².